The molecule has 7 nitrogen and oxygen atoms in total. The third kappa shape index (κ3) is 5.44. The summed E-state index contributed by atoms with van der Waals surface area (Å²) in [6, 6.07) is 15.2. The van der Waals surface area contributed by atoms with Crippen LogP contribution in [0.2, 0.25) is 0 Å². The molecule has 1 saturated heterocycles. The van der Waals surface area contributed by atoms with E-state index in [2.05, 4.69) is 0 Å². The lowest BCUT2D eigenvalue weighted by Crippen LogP contribution is -2.46. The molecule has 0 radical (unpaired) electrons. The largest absolute Gasteiger partial charge is 0.466 e. The summed E-state index contributed by atoms with van der Waals surface area (Å²) in [4.78, 5) is 26.7. The monoisotopic (exact) mass is 444 g/mol. The van der Waals surface area contributed by atoms with Gasteiger partial charge in [-0.25, -0.2) is 8.42 Å². The van der Waals surface area contributed by atoms with Gasteiger partial charge in [-0.2, -0.15) is 0 Å². The zero-order valence-corrected chi connectivity index (χ0v) is 18.7. The minimum Gasteiger partial charge on any atom is -0.466 e. The highest BCUT2D eigenvalue weighted by Gasteiger charge is 2.32. The molecule has 0 saturated carbocycles. The molecule has 0 spiro atoms. The molecule has 0 aliphatic carbocycles. The van der Waals surface area contributed by atoms with Crippen molar-refractivity contribution < 1.29 is 22.7 Å². The quantitative estimate of drug-likeness (QED) is 0.613. The van der Waals surface area contributed by atoms with Crippen LogP contribution in [-0.2, 0) is 24.3 Å². The molecule has 0 bridgehead atoms. The van der Waals surface area contributed by atoms with E-state index in [4.69, 9.17) is 4.74 Å². The van der Waals surface area contributed by atoms with Crippen LogP contribution in [0.15, 0.2) is 59.5 Å². The number of aryl methyl sites for hydroxylation is 1. The Bertz CT molecular complexity index is 998. The molecule has 0 aromatic heterocycles. The predicted molar refractivity (Wildman–Crippen MR) is 118 cm³/mol. The van der Waals surface area contributed by atoms with E-state index in [1.807, 2.05) is 6.92 Å². The zero-order chi connectivity index (χ0) is 22.4. The van der Waals surface area contributed by atoms with E-state index in [0.717, 1.165) is 9.87 Å². The van der Waals surface area contributed by atoms with Crippen LogP contribution < -0.4 is 4.31 Å². The number of anilines is 1. The first-order valence-electron chi connectivity index (χ1n) is 10.4. The molecule has 3 rings (SSSR count). The van der Waals surface area contributed by atoms with Crippen LogP contribution >= 0.6 is 0 Å². The molecule has 1 heterocycles. The van der Waals surface area contributed by atoms with Gasteiger partial charge in [0.15, 0.2) is 0 Å². The van der Waals surface area contributed by atoms with Crippen LogP contribution in [0.4, 0.5) is 5.69 Å². The molecule has 0 unspecified atom stereocenters. The average Bonchev–Trinajstić information content (AvgIpc) is 2.78. The number of para-hydroxylation sites is 1. The number of carbonyl (C=O) groups excluding carboxylic acids is 2. The molecule has 166 valence electrons. The number of nitrogens with zero attached hydrogens (tertiary/aromatic N) is 2. The lowest BCUT2D eigenvalue weighted by atomic mass is 9.97. The minimum absolute atomic E-state index is 0.135. The third-order valence-electron chi connectivity index (χ3n) is 5.40. The highest BCUT2D eigenvalue weighted by atomic mass is 32.2. The first-order chi connectivity index (χ1) is 14.8. The molecule has 1 aliphatic heterocycles. The van der Waals surface area contributed by atoms with Gasteiger partial charge in [-0.05, 0) is 51.0 Å². The van der Waals surface area contributed by atoms with Crippen molar-refractivity contribution in [3.63, 3.8) is 0 Å². The minimum atomic E-state index is -3.92. The van der Waals surface area contributed by atoms with E-state index in [-0.39, 0.29) is 29.2 Å². The Morgan fingerprint density at radius 1 is 1.03 bits per heavy atom. The van der Waals surface area contributed by atoms with Crippen LogP contribution in [0.5, 0.6) is 0 Å². The lowest BCUT2D eigenvalue weighted by molar-refractivity contribution is -0.151. The summed E-state index contributed by atoms with van der Waals surface area (Å²) in [5.74, 6) is -0.741. The van der Waals surface area contributed by atoms with Gasteiger partial charge in [0.1, 0.15) is 6.54 Å². The molecule has 1 amide bonds. The highest BCUT2D eigenvalue weighted by molar-refractivity contribution is 7.92. The van der Waals surface area contributed by atoms with E-state index in [0.29, 0.717) is 38.2 Å². The first-order valence-corrected chi connectivity index (χ1v) is 11.9. The van der Waals surface area contributed by atoms with E-state index in [1.54, 1.807) is 66.4 Å². The van der Waals surface area contributed by atoms with Gasteiger partial charge in [0, 0.05) is 13.1 Å². The van der Waals surface area contributed by atoms with Crippen molar-refractivity contribution in [2.24, 2.45) is 5.92 Å². The van der Waals surface area contributed by atoms with Crippen LogP contribution in [0.25, 0.3) is 0 Å². The Labute approximate surface area is 183 Å². The van der Waals surface area contributed by atoms with Gasteiger partial charge in [0.25, 0.3) is 10.0 Å². The summed E-state index contributed by atoms with van der Waals surface area (Å²) < 4.78 is 33.0. The maximum atomic E-state index is 13.4. The van der Waals surface area contributed by atoms with Gasteiger partial charge >= 0.3 is 5.97 Å². The molecule has 2 aromatic carbocycles. The molecule has 2 aromatic rings. The first kappa shape index (κ1) is 22.8. The number of sulfonamides is 1. The Kier molecular flexibility index (Phi) is 7.33. The fourth-order valence-corrected chi connectivity index (χ4v) is 5.01. The maximum absolute atomic E-state index is 13.4. The second-order valence-corrected chi connectivity index (χ2v) is 9.43. The smallest absolute Gasteiger partial charge is 0.309 e. The predicted octanol–water partition coefficient (Wildman–Crippen LogP) is 2.99. The van der Waals surface area contributed by atoms with Crippen LogP contribution in [0.1, 0.15) is 25.3 Å². The summed E-state index contributed by atoms with van der Waals surface area (Å²) in [6.45, 7) is 4.48. The number of likely N-dealkylation sites (tertiary alicyclic amines) is 1. The van der Waals surface area contributed by atoms with Crippen molar-refractivity contribution in [2.75, 3.05) is 30.5 Å². The SMILES string of the molecule is CCOC(=O)C1CCN(C(=O)CN(c2ccccc2)S(=O)(=O)c2ccc(C)cc2)CC1. The zero-order valence-electron chi connectivity index (χ0n) is 17.9. The highest BCUT2D eigenvalue weighted by Crippen LogP contribution is 2.25. The number of hydrogen-bond donors (Lipinski definition) is 0. The molecule has 8 heteroatoms. The van der Waals surface area contributed by atoms with Crippen molar-refractivity contribution in [3.05, 3.63) is 60.2 Å². The van der Waals surface area contributed by atoms with E-state index in [1.165, 1.54) is 0 Å². The summed E-state index contributed by atoms with van der Waals surface area (Å²) in [5, 5.41) is 0. The molecule has 31 heavy (non-hydrogen) atoms. The number of ether oxygens (including phenoxy) is 1. The average molecular weight is 445 g/mol. The van der Waals surface area contributed by atoms with Gasteiger partial charge in [0.05, 0.1) is 23.1 Å². The number of esters is 1. The van der Waals surface area contributed by atoms with Crippen molar-refractivity contribution in [1.29, 1.82) is 0 Å². The fourth-order valence-electron chi connectivity index (χ4n) is 3.59. The van der Waals surface area contributed by atoms with E-state index >= 15 is 0 Å². The van der Waals surface area contributed by atoms with E-state index < -0.39 is 10.0 Å². The second-order valence-electron chi connectivity index (χ2n) is 7.57. The number of amides is 1. The van der Waals surface area contributed by atoms with Crippen molar-refractivity contribution in [2.45, 2.75) is 31.6 Å². The topological polar surface area (TPSA) is 84.0 Å². The van der Waals surface area contributed by atoms with Crippen LogP contribution in [-0.4, -0.2) is 51.4 Å². The maximum Gasteiger partial charge on any atom is 0.309 e. The normalized spacial score (nSPS) is 14.8. The molecule has 0 atom stereocenters. The molecule has 1 fully saturated rings. The van der Waals surface area contributed by atoms with Gasteiger partial charge in [-0.3, -0.25) is 13.9 Å². The van der Waals surface area contributed by atoms with Gasteiger partial charge in [-0.15, -0.1) is 0 Å². The number of benzene rings is 2. The lowest BCUT2D eigenvalue weighted by Gasteiger charge is -2.33. The summed E-state index contributed by atoms with van der Waals surface area (Å²) in [6.07, 6.45) is 1.03. The van der Waals surface area contributed by atoms with Crippen LogP contribution in [0.3, 0.4) is 0 Å². The Balaban J connectivity index is 1.78. The number of carbonyl (C=O) groups is 2. The Hall–Kier alpha value is -2.87. The fraction of sp³-hybridized carbons (Fsp3) is 0.391. The number of rotatable bonds is 7. The standard InChI is InChI=1S/C23H28N2O5S/c1-3-30-23(27)19-13-15-24(16-14-19)22(26)17-25(20-7-5-4-6-8-20)31(28,29)21-11-9-18(2)10-12-21/h4-12,19H,3,13-17H2,1-2H3. The van der Waals surface area contributed by atoms with Gasteiger partial charge < -0.3 is 9.64 Å². The Morgan fingerprint density at radius 3 is 2.23 bits per heavy atom. The summed E-state index contributed by atoms with van der Waals surface area (Å²) >= 11 is 0. The third-order valence-corrected chi connectivity index (χ3v) is 7.19. The van der Waals surface area contributed by atoms with Gasteiger partial charge in [-0.1, -0.05) is 35.9 Å². The van der Waals surface area contributed by atoms with Crippen LogP contribution in [0, 0.1) is 12.8 Å². The Morgan fingerprint density at radius 2 is 1.65 bits per heavy atom. The van der Waals surface area contributed by atoms with Crippen molar-refractivity contribution in [1.82, 2.24) is 4.90 Å². The number of piperidine rings is 1. The summed E-state index contributed by atoms with van der Waals surface area (Å²) in [7, 11) is -3.92. The van der Waals surface area contributed by atoms with Crippen molar-refractivity contribution >= 4 is 27.6 Å². The summed E-state index contributed by atoms with van der Waals surface area (Å²) in [5.41, 5.74) is 1.38. The van der Waals surface area contributed by atoms with Crippen molar-refractivity contribution in [3.8, 4) is 0 Å². The number of hydrogen-bond acceptors (Lipinski definition) is 5. The molecular weight excluding hydrogens is 416 g/mol. The van der Waals surface area contributed by atoms with Gasteiger partial charge in [0.2, 0.25) is 5.91 Å². The molecule has 0 N–H and O–H groups in total. The van der Waals surface area contributed by atoms with E-state index in [9.17, 15) is 18.0 Å². The second kappa shape index (κ2) is 9.96. The molecular formula is C23H28N2O5S. The molecule has 1 aliphatic rings.